The molecular weight excluding hydrogens is 244 g/mol. The van der Waals surface area contributed by atoms with Crippen molar-refractivity contribution in [2.75, 3.05) is 32.8 Å². The van der Waals surface area contributed by atoms with E-state index < -0.39 is 0 Å². The van der Waals surface area contributed by atoms with Gasteiger partial charge < -0.3 is 20.1 Å². The number of nitrogens with two attached hydrogens (primary N) is 1. The quantitative estimate of drug-likeness (QED) is 0.694. The number of nitrogens with zero attached hydrogens (tertiary/aromatic N) is 1. The van der Waals surface area contributed by atoms with Gasteiger partial charge in [-0.2, -0.15) is 0 Å². The number of hydrogen-bond acceptors (Lipinski definition) is 4. The third-order valence-electron chi connectivity index (χ3n) is 3.89. The molecule has 0 bridgehead atoms. The minimum atomic E-state index is 0.120. The first kappa shape index (κ1) is 14.8. The Morgan fingerprint density at radius 3 is 2.68 bits per heavy atom. The van der Waals surface area contributed by atoms with Crippen LogP contribution in [0.1, 0.15) is 32.6 Å². The first-order valence-corrected chi connectivity index (χ1v) is 7.48. The van der Waals surface area contributed by atoms with Gasteiger partial charge in [0.05, 0.1) is 18.1 Å². The first-order chi connectivity index (χ1) is 9.26. The van der Waals surface area contributed by atoms with E-state index in [1.54, 1.807) is 0 Å². The van der Waals surface area contributed by atoms with Crippen molar-refractivity contribution in [3.8, 4) is 0 Å². The number of carbonyl (C=O) groups excluding carboxylic acids is 1. The highest BCUT2D eigenvalue weighted by molar-refractivity contribution is 5.82. The molecule has 0 aromatic rings. The van der Waals surface area contributed by atoms with E-state index in [0.29, 0.717) is 19.3 Å². The molecule has 0 aromatic carbocycles. The number of piperidine rings is 1. The maximum absolute atomic E-state index is 12.2. The highest BCUT2D eigenvalue weighted by atomic mass is 16.5. The van der Waals surface area contributed by atoms with E-state index in [2.05, 4.69) is 0 Å². The zero-order chi connectivity index (χ0) is 13.7. The second kappa shape index (κ2) is 7.22. The number of amides is 1. The van der Waals surface area contributed by atoms with E-state index in [0.717, 1.165) is 45.4 Å². The van der Waals surface area contributed by atoms with Gasteiger partial charge in [-0.05, 0) is 39.2 Å². The van der Waals surface area contributed by atoms with Crippen molar-refractivity contribution < 1.29 is 14.3 Å². The van der Waals surface area contributed by atoms with Crippen LogP contribution in [0.5, 0.6) is 0 Å². The molecule has 0 spiro atoms. The number of ether oxygens (including phenoxy) is 2. The standard InChI is InChI=1S/C14H26N2O3/c1-2-18-13-10-12(13)14(17)16-7-4-11(5-8-16)19-9-3-6-15/h11-13H,2-10,15H2,1H3. The molecule has 2 atom stereocenters. The van der Waals surface area contributed by atoms with Crippen molar-refractivity contribution in [2.24, 2.45) is 11.7 Å². The van der Waals surface area contributed by atoms with Gasteiger partial charge in [0, 0.05) is 26.3 Å². The summed E-state index contributed by atoms with van der Waals surface area (Å²) in [5, 5.41) is 0. The number of hydrogen-bond donors (Lipinski definition) is 1. The Hall–Kier alpha value is -0.650. The van der Waals surface area contributed by atoms with Crippen LogP contribution in [0.4, 0.5) is 0 Å². The molecule has 0 aromatic heterocycles. The predicted molar refractivity (Wildman–Crippen MR) is 72.7 cm³/mol. The molecule has 2 aliphatic rings. The molecule has 5 nitrogen and oxygen atoms in total. The lowest BCUT2D eigenvalue weighted by atomic mass is 10.1. The first-order valence-electron chi connectivity index (χ1n) is 7.48. The zero-order valence-corrected chi connectivity index (χ0v) is 11.8. The van der Waals surface area contributed by atoms with Crippen LogP contribution in [0.15, 0.2) is 0 Å². The Kier molecular flexibility index (Phi) is 5.60. The van der Waals surface area contributed by atoms with Gasteiger partial charge in [-0.1, -0.05) is 0 Å². The normalized spacial score (nSPS) is 27.6. The molecule has 2 rings (SSSR count). The van der Waals surface area contributed by atoms with Crippen LogP contribution in [-0.4, -0.2) is 55.9 Å². The fraction of sp³-hybridized carbons (Fsp3) is 0.929. The Labute approximate surface area is 115 Å². The molecule has 1 aliphatic heterocycles. The van der Waals surface area contributed by atoms with Gasteiger partial charge in [-0.25, -0.2) is 0 Å². The lowest BCUT2D eigenvalue weighted by Crippen LogP contribution is -2.42. The minimum Gasteiger partial charge on any atom is -0.378 e. The fourth-order valence-electron chi connectivity index (χ4n) is 2.64. The van der Waals surface area contributed by atoms with Crippen LogP contribution in [0, 0.1) is 5.92 Å². The molecule has 2 unspecified atom stereocenters. The van der Waals surface area contributed by atoms with Crippen molar-refractivity contribution in [1.29, 1.82) is 0 Å². The van der Waals surface area contributed by atoms with Gasteiger partial charge >= 0.3 is 0 Å². The third kappa shape index (κ3) is 4.16. The second-order valence-corrected chi connectivity index (χ2v) is 5.37. The molecule has 1 saturated heterocycles. The molecule has 1 aliphatic carbocycles. The van der Waals surface area contributed by atoms with Crippen molar-refractivity contribution in [3.05, 3.63) is 0 Å². The van der Waals surface area contributed by atoms with Crippen molar-refractivity contribution in [1.82, 2.24) is 4.90 Å². The topological polar surface area (TPSA) is 64.8 Å². The van der Waals surface area contributed by atoms with E-state index >= 15 is 0 Å². The van der Waals surface area contributed by atoms with Gasteiger partial charge in [-0.3, -0.25) is 4.79 Å². The number of carbonyl (C=O) groups is 1. The summed E-state index contributed by atoms with van der Waals surface area (Å²) in [5.41, 5.74) is 5.44. The van der Waals surface area contributed by atoms with Crippen LogP contribution in [0.3, 0.4) is 0 Å². The summed E-state index contributed by atoms with van der Waals surface area (Å²) in [4.78, 5) is 14.2. The molecular formula is C14H26N2O3. The van der Waals surface area contributed by atoms with Crippen LogP contribution < -0.4 is 5.73 Å². The Bertz CT molecular complexity index is 290. The van der Waals surface area contributed by atoms with Crippen LogP contribution in [0.2, 0.25) is 0 Å². The molecule has 1 heterocycles. The van der Waals surface area contributed by atoms with E-state index in [-0.39, 0.29) is 17.9 Å². The summed E-state index contributed by atoms with van der Waals surface area (Å²) in [5.74, 6) is 0.397. The molecule has 2 fully saturated rings. The summed E-state index contributed by atoms with van der Waals surface area (Å²) in [6.07, 6.45) is 4.19. The zero-order valence-electron chi connectivity index (χ0n) is 11.8. The van der Waals surface area contributed by atoms with Gasteiger partial charge in [0.25, 0.3) is 0 Å². The van der Waals surface area contributed by atoms with E-state index in [1.165, 1.54) is 0 Å². The highest BCUT2D eigenvalue weighted by Crippen LogP contribution is 2.36. The van der Waals surface area contributed by atoms with Crippen molar-refractivity contribution in [3.63, 3.8) is 0 Å². The maximum atomic E-state index is 12.2. The number of likely N-dealkylation sites (tertiary alicyclic amines) is 1. The third-order valence-corrected chi connectivity index (χ3v) is 3.89. The molecule has 0 radical (unpaired) electrons. The summed E-state index contributed by atoms with van der Waals surface area (Å²) in [7, 11) is 0. The molecule has 1 amide bonds. The molecule has 110 valence electrons. The van der Waals surface area contributed by atoms with Gasteiger partial charge in [-0.15, -0.1) is 0 Å². The average molecular weight is 270 g/mol. The van der Waals surface area contributed by atoms with Crippen LogP contribution in [0.25, 0.3) is 0 Å². The maximum Gasteiger partial charge on any atom is 0.228 e. The van der Waals surface area contributed by atoms with Gasteiger partial charge in [0.2, 0.25) is 5.91 Å². The summed E-state index contributed by atoms with van der Waals surface area (Å²) in [6.45, 7) is 5.74. The fourth-order valence-corrected chi connectivity index (χ4v) is 2.64. The van der Waals surface area contributed by atoms with Gasteiger partial charge in [0.1, 0.15) is 0 Å². The Morgan fingerprint density at radius 2 is 2.05 bits per heavy atom. The summed E-state index contributed by atoms with van der Waals surface area (Å²) in [6, 6.07) is 0. The number of rotatable bonds is 7. The van der Waals surface area contributed by atoms with E-state index in [1.807, 2.05) is 11.8 Å². The molecule has 19 heavy (non-hydrogen) atoms. The highest BCUT2D eigenvalue weighted by Gasteiger charge is 2.46. The van der Waals surface area contributed by atoms with Crippen molar-refractivity contribution in [2.45, 2.75) is 44.8 Å². The lowest BCUT2D eigenvalue weighted by Gasteiger charge is -2.32. The summed E-state index contributed by atoms with van der Waals surface area (Å²) < 4.78 is 11.2. The van der Waals surface area contributed by atoms with Crippen LogP contribution in [-0.2, 0) is 14.3 Å². The lowest BCUT2D eigenvalue weighted by molar-refractivity contribution is -0.136. The molecule has 5 heteroatoms. The summed E-state index contributed by atoms with van der Waals surface area (Å²) >= 11 is 0. The second-order valence-electron chi connectivity index (χ2n) is 5.37. The predicted octanol–water partition coefficient (Wildman–Crippen LogP) is 0.768. The smallest absolute Gasteiger partial charge is 0.228 e. The average Bonchev–Trinajstić information content (AvgIpc) is 3.19. The molecule has 1 saturated carbocycles. The van der Waals surface area contributed by atoms with Gasteiger partial charge in [0.15, 0.2) is 0 Å². The van der Waals surface area contributed by atoms with E-state index in [4.69, 9.17) is 15.2 Å². The van der Waals surface area contributed by atoms with Crippen molar-refractivity contribution >= 4 is 5.91 Å². The van der Waals surface area contributed by atoms with Crippen LogP contribution >= 0.6 is 0 Å². The Morgan fingerprint density at radius 1 is 1.32 bits per heavy atom. The minimum absolute atomic E-state index is 0.120. The Balaban J connectivity index is 1.64. The molecule has 2 N–H and O–H groups in total. The largest absolute Gasteiger partial charge is 0.378 e. The monoisotopic (exact) mass is 270 g/mol. The van der Waals surface area contributed by atoms with E-state index in [9.17, 15) is 4.79 Å². The SMILES string of the molecule is CCOC1CC1C(=O)N1CCC(OCCCN)CC1.